The average Bonchev–Trinajstić information content (AvgIpc) is 3.22. The van der Waals surface area contributed by atoms with Crippen molar-refractivity contribution in [3.8, 4) is 11.6 Å². The predicted molar refractivity (Wildman–Crippen MR) is 107 cm³/mol. The molecule has 2 aromatic carbocycles. The number of nitrogens with zero attached hydrogens (tertiary/aromatic N) is 3. The second-order valence-corrected chi connectivity index (χ2v) is 7.31. The minimum Gasteiger partial charge on any atom is -0.494 e. The van der Waals surface area contributed by atoms with Gasteiger partial charge in [-0.3, -0.25) is 4.57 Å². The highest BCUT2D eigenvalue weighted by Crippen LogP contribution is 2.34. The molecular weight excluding hydrogens is 322 g/mol. The van der Waals surface area contributed by atoms with Crippen LogP contribution in [-0.4, -0.2) is 27.3 Å². The monoisotopic (exact) mass is 345 g/mol. The Balaban J connectivity index is 1.61. The maximum atomic E-state index is 10.9. The summed E-state index contributed by atoms with van der Waals surface area (Å²) >= 11 is 0. The zero-order valence-electron chi connectivity index (χ0n) is 15.0. The lowest BCUT2D eigenvalue weighted by Gasteiger charge is -2.28. The smallest absolute Gasteiger partial charge is 0.203 e. The molecule has 0 amide bonds. The molecule has 0 unspecified atom stereocenters. The number of piperidine rings is 1. The molecule has 0 radical (unpaired) electrons. The molecule has 1 aliphatic rings. The molecule has 2 aromatic heterocycles. The van der Waals surface area contributed by atoms with Crippen LogP contribution in [0.15, 0.2) is 54.9 Å². The average molecular weight is 345 g/mol. The molecule has 26 heavy (non-hydrogen) atoms. The van der Waals surface area contributed by atoms with E-state index in [0.29, 0.717) is 5.88 Å². The zero-order chi connectivity index (χ0) is 17.7. The van der Waals surface area contributed by atoms with E-state index in [4.69, 9.17) is 0 Å². The maximum Gasteiger partial charge on any atom is 0.203 e. The third-order valence-corrected chi connectivity index (χ3v) is 5.65. The van der Waals surface area contributed by atoms with Gasteiger partial charge < -0.3 is 14.6 Å². The molecule has 1 saturated heterocycles. The molecule has 132 valence electrons. The van der Waals surface area contributed by atoms with Gasteiger partial charge >= 0.3 is 0 Å². The van der Waals surface area contributed by atoms with Crippen molar-refractivity contribution in [2.75, 3.05) is 18.0 Å². The highest BCUT2D eigenvalue weighted by Gasteiger charge is 2.15. The Morgan fingerprint density at radius 2 is 1.62 bits per heavy atom. The molecular formula is C22H23N3O. The van der Waals surface area contributed by atoms with Gasteiger partial charge in [-0.1, -0.05) is 12.1 Å². The van der Waals surface area contributed by atoms with E-state index in [9.17, 15) is 5.11 Å². The second kappa shape index (κ2) is 5.84. The number of fused-ring (bicyclic) bond motifs is 2. The van der Waals surface area contributed by atoms with Crippen LogP contribution in [0.3, 0.4) is 0 Å². The SMILES string of the molecule is Cn1ccc2ccc(-n3cc4ccc(N5CCCCC5)cc4c3O)cc21. The zero-order valence-corrected chi connectivity index (χ0v) is 15.0. The summed E-state index contributed by atoms with van der Waals surface area (Å²) in [6, 6.07) is 14.8. The molecule has 1 N–H and O–H groups in total. The minimum absolute atomic E-state index is 0.312. The van der Waals surface area contributed by atoms with Crippen LogP contribution in [-0.2, 0) is 7.05 Å². The fourth-order valence-corrected chi connectivity index (χ4v) is 4.13. The molecule has 4 aromatic rings. The normalized spacial score (nSPS) is 15.2. The van der Waals surface area contributed by atoms with Crippen LogP contribution in [0.2, 0.25) is 0 Å². The largest absolute Gasteiger partial charge is 0.494 e. The molecule has 1 fully saturated rings. The highest BCUT2D eigenvalue weighted by atomic mass is 16.3. The maximum absolute atomic E-state index is 10.9. The third kappa shape index (κ3) is 2.37. The number of anilines is 1. The van der Waals surface area contributed by atoms with E-state index in [1.807, 2.05) is 17.8 Å². The topological polar surface area (TPSA) is 33.3 Å². The number of rotatable bonds is 2. The van der Waals surface area contributed by atoms with Crippen molar-refractivity contribution in [1.82, 2.24) is 9.13 Å². The predicted octanol–water partition coefficient (Wildman–Crippen LogP) is 4.82. The Morgan fingerprint density at radius 3 is 2.46 bits per heavy atom. The van der Waals surface area contributed by atoms with Crippen molar-refractivity contribution >= 4 is 27.4 Å². The molecule has 0 saturated carbocycles. The molecule has 0 spiro atoms. The third-order valence-electron chi connectivity index (χ3n) is 5.65. The summed E-state index contributed by atoms with van der Waals surface area (Å²) in [7, 11) is 2.04. The first-order chi connectivity index (χ1) is 12.7. The van der Waals surface area contributed by atoms with Crippen LogP contribution in [0.4, 0.5) is 5.69 Å². The van der Waals surface area contributed by atoms with Crippen LogP contribution in [0.5, 0.6) is 5.88 Å². The Kier molecular flexibility index (Phi) is 3.45. The molecule has 0 aliphatic carbocycles. The first kappa shape index (κ1) is 15.4. The van der Waals surface area contributed by atoms with Crippen molar-refractivity contribution in [1.29, 1.82) is 0 Å². The van der Waals surface area contributed by atoms with Gasteiger partial charge in [-0.2, -0.15) is 0 Å². The highest BCUT2D eigenvalue weighted by molar-refractivity contribution is 5.92. The van der Waals surface area contributed by atoms with Gasteiger partial charge in [0.25, 0.3) is 0 Å². The lowest BCUT2D eigenvalue weighted by Crippen LogP contribution is -2.29. The summed E-state index contributed by atoms with van der Waals surface area (Å²) in [4.78, 5) is 2.43. The van der Waals surface area contributed by atoms with E-state index in [2.05, 4.69) is 58.1 Å². The van der Waals surface area contributed by atoms with Gasteiger partial charge in [0.15, 0.2) is 0 Å². The van der Waals surface area contributed by atoms with Crippen molar-refractivity contribution in [2.24, 2.45) is 7.05 Å². The van der Waals surface area contributed by atoms with E-state index in [0.717, 1.165) is 35.1 Å². The molecule has 1 aliphatic heterocycles. The first-order valence-electron chi connectivity index (χ1n) is 9.35. The standard InChI is InChI=1S/C22H23N3O/c1-23-12-9-16-5-8-19(14-21(16)23)25-15-17-6-7-18(13-20(17)22(25)26)24-10-3-2-4-11-24/h5-9,12-15,26H,2-4,10-11H2,1H3. The molecule has 3 heterocycles. The summed E-state index contributed by atoms with van der Waals surface area (Å²) in [6.45, 7) is 2.22. The Labute approximate surface area is 152 Å². The van der Waals surface area contributed by atoms with Crippen LogP contribution in [0, 0.1) is 0 Å². The van der Waals surface area contributed by atoms with E-state index in [-0.39, 0.29) is 0 Å². The summed E-state index contributed by atoms with van der Waals surface area (Å²) < 4.78 is 3.99. The first-order valence-corrected chi connectivity index (χ1v) is 9.35. The van der Waals surface area contributed by atoms with Gasteiger partial charge in [0.2, 0.25) is 5.88 Å². The fourth-order valence-electron chi connectivity index (χ4n) is 4.13. The number of benzene rings is 2. The number of hydrogen-bond donors (Lipinski definition) is 1. The van der Waals surface area contributed by atoms with Gasteiger partial charge in [-0.05, 0) is 55.0 Å². The lowest BCUT2D eigenvalue weighted by molar-refractivity contribution is 0.448. The van der Waals surface area contributed by atoms with Crippen molar-refractivity contribution in [3.63, 3.8) is 0 Å². The quantitative estimate of drug-likeness (QED) is 0.565. The van der Waals surface area contributed by atoms with Crippen LogP contribution >= 0.6 is 0 Å². The summed E-state index contributed by atoms with van der Waals surface area (Å²) in [6.07, 6.45) is 7.91. The summed E-state index contributed by atoms with van der Waals surface area (Å²) in [5.74, 6) is 0.312. The number of hydrogen-bond acceptors (Lipinski definition) is 2. The van der Waals surface area contributed by atoms with E-state index < -0.39 is 0 Å². The van der Waals surface area contributed by atoms with E-state index >= 15 is 0 Å². The number of aromatic nitrogens is 2. The van der Waals surface area contributed by atoms with Crippen LogP contribution in [0.1, 0.15) is 19.3 Å². The molecule has 0 atom stereocenters. The Bertz CT molecular complexity index is 1100. The molecule has 5 rings (SSSR count). The van der Waals surface area contributed by atoms with Crippen molar-refractivity contribution < 1.29 is 5.11 Å². The van der Waals surface area contributed by atoms with Gasteiger partial charge in [-0.15, -0.1) is 0 Å². The minimum atomic E-state index is 0.312. The van der Waals surface area contributed by atoms with E-state index in [1.165, 1.54) is 30.3 Å². The van der Waals surface area contributed by atoms with Crippen LogP contribution < -0.4 is 4.90 Å². The van der Waals surface area contributed by atoms with Gasteiger partial charge in [0, 0.05) is 54.5 Å². The number of aromatic hydroxyl groups is 1. The van der Waals surface area contributed by atoms with Gasteiger partial charge in [0.1, 0.15) is 0 Å². The van der Waals surface area contributed by atoms with Gasteiger partial charge in [-0.25, -0.2) is 0 Å². The lowest BCUT2D eigenvalue weighted by atomic mass is 10.1. The number of aryl methyl sites for hydroxylation is 1. The van der Waals surface area contributed by atoms with Crippen LogP contribution in [0.25, 0.3) is 27.4 Å². The van der Waals surface area contributed by atoms with Crippen molar-refractivity contribution in [2.45, 2.75) is 19.3 Å². The second-order valence-electron chi connectivity index (χ2n) is 7.31. The Hall–Kier alpha value is -2.88. The van der Waals surface area contributed by atoms with E-state index in [1.54, 1.807) is 0 Å². The molecule has 4 heteroatoms. The van der Waals surface area contributed by atoms with Crippen molar-refractivity contribution in [3.05, 3.63) is 54.9 Å². The Morgan fingerprint density at radius 1 is 0.846 bits per heavy atom. The molecule has 4 nitrogen and oxygen atoms in total. The van der Waals surface area contributed by atoms with Gasteiger partial charge in [0.05, 0.1) is 5.69 Å². The molecule has 0 bridgehead atoms. The fraction of sp³-hybridized carbons (Fsp3) is 0.273. The summed E-state index contributed by atoms with van der Waals surface area (Å²) in [5, 5.41) is 14.1. The summed E-state index contributed by atoms with van der Waals surface area (Å²) in [5.41, 5.74) is 3.35.